The van der Waals surface area contributed by atoms with E-state index in [1.54, 1.807) is 4.90 Å². The minimum atomic E-state index is -0.269. The molecule has 0 spiro atoms. The van der Waals surface area contributed by atoms with E-state index in [-0.39, 0.29) is 23.7 Å². The second kappa shape index (κ2) is 8.18. The summed E-state index contributed by atoms with van der Waals surface area (Å²) in [6.07, 6.45) is 1.84. The van der Waals surface area contributed by atoms with Crippen LogP contribution in [0.15, 0.2) is 0 Å². The Bertz CT molecular complexity index is 294. The fourth-order valence-electron chi connectivity index (χ4n) is 2.33. The van der Waals surface area contributed by atoms with Gasteiger partial charge in [0.05, 0.1) is 13.5 Å². The van der Waals surface area contributed by atoms with E-state index in [1.165, 1.54) is 7.11 Å². The van der Waals surface area contributed by atoms with Crippen LogP contribution in [0, 0.1) is 11.3 Å². The molecule has 0 aliphatic carbocycles. The Morgan fingerprint density at radius 1 is 1.26 bits per heavy atom. The molecule has 0 radical (unpaired) electrons. The van der Waals surface area contributed by atoms with Gasteiger partial charge < -0.3 is 9.64 Å². The molecule has 0 aromatic rings. The smallest absolute Gasteiger partial charge is 0.307 e. The van der Waals surface area contributed by atoms with Crippen LogP contribution in [0.4, 0.5) is 0 Å². The maximum atomic E-state index is 12.1. The van der Waals surface area contributed by atoms with E-state index in [0.29, 0.717) is 25.4 Å². The number of ether oxygens (including phenoxy) is 1. The highest BCUT2D eigenvalue weighted by Gasteiger charge is 2.20. The highest BCUT2D eigenvalue weighted by atomic mass is 16.5. The Hall–Kier alpha value is -1.06. The number of rotatable bonds is 7. The van der Waals surface area contributed by atoms with Gasteiger partial charge in [0, 0.05) is 19.5 Å². The molecule has 112 valence electrons. The molecule has 4 heteroatoms. The van der Waals surface area contributed by atoms with Crippen LogP contribution in [-0.4, -0.2) is 37.0 Å². The average molecular weight is 271 g/mol. The highest BCUT2D eigenvalue weighted by molar-refractivity contribution is 5.77. The van der Waals surface area contributed by atoms with E-state index in [2.05, 4.69) is 32.4 Å². The first-order valence-electron chi connectivity index (χ1n) is 7.04. The standard InChI is InChI=1S/C15H29NO3/c1-7-16(9-8-14(18)19-6)13(17)10-12(2)11-15(3,4)5/h12H,7-11H2,1-6H3. The van der Waals surface area contributed by atoms with Crippen molar-refractivity contribution in [2.75, 3.05) is 20.2 Å². The molecule has 0 N–H and O–H groups in total. The zero-order valence-electron chi connectivity index (χ0n) is 13.3. The van der Waals surface area contributed by atoms with E-state index >= 15 is 0 Å². The van der Waals surface area contributed by atoms with Crippen LogP contribution in [0.3, 0.4) is 0 Å². The summed E-state index contributed by atoms with van der Waals surface area (Å²) in [6.45, 7) is 11.7. The molecule has 1 atom stereocenters. The number of hydrogen-bond donors (Lipinski definition) is 0. The van der Waals surface area contributed by atoms with Gasteiger partial charge in [0.25, 0.3) is 0 Å². The van der Waals surface area contributed by atoms with Crippen molar-refractivity contribution in [3.8, 4) is 0 Å². The van der Waals surface area contributed by atoms with E-state index in [4.69, 9.17) is 0 Å². The molecule has 1 amide bonds. The van der Waals surface area contributed by atoms with Crippen LogP contribution in [-0.2, 0) is 14.3 Å². The van der Waals surface area contributed by atoms with Crippen molar-refractivity contribution in [3.63, 3.8) is 0 Å². The first-order valence-corrected chi connectivity index (χ1v) is 7.04. The van der Waals surface area contributed by atoms with E-state index < -0.39 is 0 Å². The van der Waals surface area contributed by atoms with Gasteiger partial charge in [0.2, 0.25) is 5.91 Å². The molecule has 0 aliphatic rings. The van der Waals surface area contributed by atoms with Crippen LogP contribution in [0.25, 0.3) is 0 Å². The third kappa shape index (κ3) is 8.62. The number of methoxy groups -OCH3 is 1. The van der Waals surface area contributed by atoms with Gasteiger partial charge in [-0.3, -0.25) is 9.59 Å². The molecule has 1 unspecified atom stereocenters. The molecular formula is C15H29NO3. The maximum Gasteiger partial charge on any atom is 0.307 e. The van der Waals surface area contributed by atoms with Crippen LogP contribution in [0.1, 0.15) is 53.9 Å². The molecule has 0 saturated carbocycles. The first-order chi connectivity index (χ1) is 8.69. The van der Waals surface area contributed by atoms with E-state index in [1.807, 2.05) is 6.92 Å². The van der Waals surface area contributed by atoms with E-state index in [9.17, 15) is 9.59 Å². The summed E-state index contributed by atoms with van der Waals surface area (Å²) >= 11 is 0. The molecule has 0 bridgehead atoms. The molecule has 0 saturated heterocycles. The molecule has 19 heavy (non-hydrogen) atoms. The summed E-state index contributed by atoms with van der Waals surface area (Å²) in [5.74, 6) is 0.219. The van der Waals surface area contributed by atoms with Gasteiger partial charge in [-0.15, -0.1) is 0 Å². The predicted octanol–water partition coefficient (Wildman–Crippen LogP) is 2.86. The van der Waals surface area contributed by atoms with Crippen LogP contribution in [0.5, 0.6) is 0 Å². The lowest BCUT2D eigenvalue weighted by Crippen LogP contribution is -2.34. The number of nitrogens with zero attached hydrogens (tertiary/aromatic N) is 1. The number of amides is 1. The summed E-state index contributed by atoms with van der Waals surface area (Å²) in [6, 6.07) is 0. The second-order valence-corrected chi connectivity index (χ2v) is 6.37. The monoisotopic (exact) mass is 271 g/mol. The van der Waals surface area contributed by atoms with Crippen molar-refractivity contribution < 1.29 is 14.3 Å². The third-order valence-electron chi connectivity index (χ3n) is 3.03. The Labute approximate surface area is 117 Å². The lowest BCUT2D eigenvalue weighted by molar-refractivity contribution is -0.141. The normalized spacial score (nSPS) is 12.9. The lowest BCUT2D eigenvalue weighted by Gasteiger charge is -2.26. The SMILES string of the molecule is CCN(CCC(=O)OC)C(=O)CC(C)CC(C)(C)C. The molecule has 0 aromatic heterocycles. The fourth-order valence-corrected chi connectivity index (χ4v) is 2.33. The van der Waals surface area contributed by atoms with Crippen molar-refractivity contribution in [1.82, 2.24) is 4.90 Å². The van der Waals surface area contributed by atoms with Gasteiger partial charge >= 0.3 is 5.97 Å². The topological polar surface area (TPSA) is 46.6 Å². The van der Waals surface area contributed by atoms with Gasteiger partial charge in [0.15, 0.2) is 0 Å². The van der Waals surface area contributed by atoms with Crippen LogP contribution >= 0.6 is 0 Å². The van der Waals surface area contributed by atoms with Crippen LogP contribution < -0.4 is 0 Å². The van der Waals surface area contributed by atoms with E-state index in [0.717, 1.165) is 6.42 Å². The zero-order valence-corrected chi connectivity index (χ0v) is 13.3. The second-order valence-electron chi connectivity index (χ2n) is 6.37. The molecule has 0 rings (SSSR count). The number of hydrogen-bond acceptors (Lipinski definition) is 3. The van der Waals surface area contributed by atoms with Gasteiger partial charge in [0.1, 0.15) is 0 Å². The molecule has 4 nitrogen and oxygen atoms in total. The van der Waals surface area contributed by atoms with Gasteiger partial charge in [-0.25, -0.2) is 0 Å². The summed E-state index contributed by atoms with van der Waals surface area (Å²) in [5, 5.41) is 0. The van der Waals surface area contributed by atoms with Gasteiger partial charge in [-0.1, -0.05) is 27.7 Å². The van der Waals surface area contributed by atoms with Crippen LogP contribution in [0.2, 0.25) is 0 Å². The molecular weight excluding hydrogens is 242 g/mol. The Kier molecular flexibility index (Phi) is 7.72. The predicted molar refractivity (Wildman–Crippen MR) is 76.7 cm³/mol. The summed E-state index contributed by atoms with van der Waals surface area (Å²) in [7, 11) is 1.37. The molecule has 0 heterocycles. The Morgan fingerprint density at radius 2 is 1.84 bits per heavy atom. The van der Waals surface area contributed by atoms with Crippen molar-refractivity contribution in [3.05, 3.63) is 0 Å². The summed E-state index contributed by atoms with van der Waals surface area (Å²) < 4.78 is 4.59. The zero-order chi connectivity index (χ0) is 15.1. The summed E-state index contributed by atoms with van der Waals surface area (Å²) in [4.78, 5) is 25.0. The molecule has 0 aromatic carbocycles. The van der Waals surface area contributed by atoms with Gasteiger partial charge in [-0.2, -0.15) is 0 Å². The number of carbonyl (C=O) groups is 2. The quantitative estimate of drug-likeness (QED) is 0.669. The lowest BCUT2D eigenvalue weighted by atomic mass is 9.84. The fraction of sp³-hybridized carbons (Fsp3) is 0.867. The van der Waals surface area contributed by atoms with Crippen molar-refractivity contribution in [2.45, 2.75) is 53.9 Å². The third-order valence-corrected chi connectivity index (χ3v) is 3.03. The molecule has 0 aliphatic heterocycles. The Morgan fingerprint density at radius 3 is 2.26 bits per heavy atom. The number of esters is 1. The van der Waals surface area contributed by atoms with Gasteiger partial charge in [-0.05, 0) is 24.7 Å². The summed E-state index contributed by atoms with van der Waals surface area (Å²) in [5.41, 5.74) is 0.239. The average Bonchev–Trinajstić information content (AvgIpc) is 2.26. The van der Waals surface area contributed by atoms with Crippen molar-refractivity contribution >= 4 is 11.9 Å². The Balaban J connectivity index is 4.24. The van der Waals surface area contributed by atoms with Crippen molar-refractivity contribution in [1.29, 1.82) is 0 Å². The van der Waals surface area contributed by atoms with Crippen molar-refractivity contribution in [2.24, 2.45) is 11.3 Å². The molecule has 0 fully saturated rings. The largest absolute Gasteiger partial charge is 0.469 e. The highest BCUT2D eigenvalue weighted by Crippen LogP contribution is 2.26. The minimum absolute atomic E-state index is 0.128. The maximum absolute atomic E-state index is 12.1. The minimum Gasteiger partial charge on any atom is -0.469 e. The first kappa shape index (κ1) is 17.9. The number of carbonyl (C=O) groups excluding carboxylic acids is 2.